The van der Waals surface area contributed by atoms with E-state index in [0.29, 0.717) is 0 Å². The van der Waals surface area contributed by atoms with Gasteiger partial charge >= 0.3 is 17.9 Å². The summed E-state index contributed by atoms with van der Waals surface area (Å²) < 4.78 is 16.1. The SMILES string of the molecule is CC(=O)OCC1C(OC(C)=O)[C@@H]([C@H](O)Sc2ccccc2)C(C)[C@@H]1OC(C)=O. The van der Waals surface area contributed by atoms with E-state index in [-0.39, 0.29) is 12.5 Å². The van der Waals surface area contributed by atoms with Crippen LogP contribution in [0.5, 0.6) is 0 Å². The van der Waals surface area contributed by atoms with E-state index in [2.05, 4.69) is 0 Å². The van der Waals surface area contributed by atoms with Crippen molar-refractivity contribution in [1.82, 2.24) is 0 Å². The summed E-state index contributed by atoms with van der Waals surface area (Å²) in [6, 6.07) is 9.34. The van der Waals surface area contributed by atoms with Gasteiger partial charge < -0.3 is 19.3 Å². The van der Waals surface area contributed by atoms with Gasteiger partial charge in [-0.15, -0.1) is 0 Å². The number of hydrogen-bond acceptors (Lipinski definition) is 8. The summed E-state index contributed by atoms with van der Waals surface area (Å²) in [6.45, 7) is 5.60. The molecule has 0 aromatic heterocycles. The van der Waals surface area contributed by atoms with E-state index in [1.165, 1.54) is 32.5 Å². The van der Waals surface area contributed by atoms with Crippen molar-refractivity contribution in [2.24, 2.45) is 17.8 Å². The fourth-order valence-electron chi connectivity index (χ4n) is 3.67. The van der Waals surface area contributed by atoms with Gasteiger partial charge in [0.25, 0.3) is 0 Å². The van der Waals surface area contributed by atoms with Crippen molar-refractivity contribution >= 4 is 29.7 Å². The van der Waals surface area contributed by atoms with Crippen molar-refractivity contribution in [3.05, 3.63) is 30.3 Å². The van der Waals surface area contributed by atoms with Crippen LogP contribution in [0.4, 0.5) is 0 Å². The van der Waals surface area contributed by atoms with Crippen molar-refractivity contribution in [3.8, 4) is 0 Å². The Bertz CT molecular complexity index is 693. The quantitative estimate of drug-likeness (QED) is 0.317. The highest BCUT2D eigenvalue weighted by Gasteiger charge is 2.55. The molecular weight excluding hydrogens is 384 g/mol. The molecule has 0 amide bonds. The first-order chi connectivity index (χ1) is 13.2. The highest BCUT2D eigenvalue weighted by Crippen LogP contribution is 2.46. The smallest absolute Gasteiger partial charge is 0.302 e. The first kappa shape index (κ1) is 22.2. The molecule has 154 valence electrons. The number of hydrogen-bond donors (Lipinski definition) is 1. The molecular formula is C20H26O7S. The fourth-order valence-corrected chi connectivity index (χ4v) is 4.82. The van der Waals surface area contributed by atoms with Gasteiger partial charge in [0.05, 0.1) is 5.92 Å². The number of ether oxygens (including phenoxy) is 3. The maximum absolute atomic E-state index is 11.7. The molecule has 0 heterocycles. The summed E-state index contributed by atoms with van der Waals surface area (Å²) in [5.41, 5.74) is -0.915. The van der Waals surface area contributed by atoms with E-state index in [9.17, 15) is 19.5 Å². The van der Waals surface area contributed by atoms with E-state index in [4.69, 9.17) is 14.2 Å². The number of thioether (sulfide) groups is 1. The van der Waals surface area contributed by atoms with Gasteiger partial charge in [0, 0.05) is 37.5 Å². The van der Waals surface area contributed by atoms with Gasteiger partial charge in [-0.25, -0.2) is 0 Å². The summed E-state index contributed by atoms with van der Waals surface area (Å²) in [7, 11) is 0. The Kier molecular flexibility index (Phi) is 7.88. The minimum atomic E-state index is -0.915. The van der Waals surface area contributed by atoms with Crippen molar-refractivity contribution in [3.63, 3.8) is 0 Å². The monoisotopic (exact) mass is 410 g/mol. The Morgan fingerprint density at radius 3 is 2.11 bits per heavy atom. The fraction of sp³-hybridized carbons (Fsp3) is 0.550. The Hall–Kier alpha value is -2.06. The zero-order chi connectivity index (χ0) is 20.8. The average Bonchev–Trinajstić information content (AvgIpc) is 2.84. The predicted octanol–water partition coefficient (Wildman–Crippen LogP) is 2.41. The van der Waals surface area contributed by atoms with Crippen LogP contribution in [-0.2, 0) is 28.6 Å². The highest BCUT2D eigenvalue weighted by atomic mass is 32.2. The van der Waals surface area contributed by atoms with Crippen LogP contribution in [0.25, 0.3) is 0 Å². The Labute approximate surface area is 168 Å². The first-order valence-corrected chi connectivity index (χ1v) is 9.96. The minimum Gasteiger partial charge on any atom is -0.465 e. The molecule has 0 aliphatic heterocycles. The molecule has 0 bridgehead atoms. The largest absolute Gasteiger partial charge is 0.465 e. The molecule has 1 fully saturated rings. The van der Waals surface area contributed by atoms with Crippen molar-refractivity contribution < 1.29 is 33.7 Å². The lowest BCUT2D eigenvalue weighted by Gasteiger charge is -2.28. The number of carbonyl (C=O) groups is 3. The molecule has 1 aliphatic carbocycles. The van der Waals surface area contributed by atoms with Crippen LogP contribution in [0.15, 0.2) is 35.2 Å². The van der Waals surface area contributed by atoms with Gasteiger partial charge in [-0.1, -0.05) is 36.9 Å². The normalized spacial score (nSPS) is 27.7. The topological polar surface area (TPSA) is 99.1 Å². The molecule has 0 spiro atoms. The molecule has 0 radical (unpaired) electrons. The molecule has 1 aromatic rings. The lowest BCUT2D eigenvalue weighted by Crippen LogP contribution is -2.37. The Morgan fingerprint density at radius 2 is 1.57 bits per heavy atom. The van der Waals surface area contributed by atoms with Gasteiger partial charge in [-0.2, -0.15) is 0 Å². The number of benzene rings is 1. The molecule has 8 heteroatoms. The van der Waals surface area contributed by atoms with E-state index < -0.39 is 47.4 Å². The second kappa shape index (κ2) is 9.93. The number of rotatable bonds is 7. The predicted molar refractivity (Wildman–Crippen MR) is 102 cm³/mol. The molecule has 28 heavy (non-hydrogen) atoms. The third-order valence-corrected chi connectivity index (χ3v) is 5.86. The highest BCUT2D eigenvalue weighted by molar-refractivity contribution is 7.99. The van der Waals surface area contributed by atoms with Gasteiger partial charge in [0.1, 0.15) is 24.3 Å². The maximum Gasteiger partial charge on any atom is 0.302 e. The molecule has 7 nitrogen and oxygen atoms in total. The Balaban J connectivity index is 2.31. The lowest BCUT2D eigenvalue weighted by atomic mass is 9.96. The molecule has 0 saturated heterocycles. The Morgan fingerprint density at radius 1 is 1.00 bits per heavy atom. The zero-order valence-electron chi connectivity index (χ0n) is 16.4. The average molecular weight is 410 g/mol. The van der Waals surface area contributed by atoms with E-state index in [0.717, 1.165) is 4.90 Å². The number of esters is 3. The second-order valence-corrected chi connectivity index (χ2v) is 8.06. The summed E-state index contributed by atoms with van der Waals surface area (Å²) in [4.78, 5) is 35.5. The van der Waals surface area contributed by atoms with Crippen LogP contribution in [0.3, 0.4) is 0 Å². The van der Waals surface area contributed by atoms with Crippen LogP contribution in [-0.4, -0.2) is 47.3 Å². The minimum absolute atomic E-state index is 0.0746. The maximum atomic E-state index is 11.7. The van der Waals surface area contributed by atoms with E-state index in [1.807, 2.05) is 37.3 Å². The number of aliphatic hydroxyl groups excluding tert-OH is 1. The third-order valence-electron chi connectivity index (χ3n) is 4.76. The summed E-state index contributed by atoms with van der Waals surface area (Å²) >= 11 is 1.24. The van der Waals surface area contributed by atoms with Crippen LogP contribution < -0.4 is 0 Å². The summed E-state index contributed by atoms with van der Waals surface area (Å²) in [5, 5.41) is 10.9. The lowest BCUT2D eigenvalue weighted by molar-refractivity contribution is -0.159. The third kappa shape index (κ3) is 5.72. The van der Waals surface area contributed by atoms with Gasteiger partial charge in [0.2, 0.25) is 0 Å². The number of carbonyl (C=O) groups excluding carboxylic acids is 3. The van der Waals surface area contributed by atoms with E-state index >= 15 is 0 Å². The molecule has 1 saturated carbocycles. The van der Waals surface area contributed by atoms with Crippen molar-refractivity contribution in [2.45, 2.75) is 50.2 Å². The zero-order valence-corrected chi connectivity index (χ0v) is 17.2. The molecule has 2 rings (SSSR count). The van der Waals surface area contributed by atoms with Crippen molar-refractivity contribution in [2.75, 3.05) is 6.61 Å². The van der Waals surface area contributed by atoms with Crippen molar-refractivity contribution in [1.29, 1.82) is 0 Å². The first-order valence-electron chi connectivity index (χ1n) is 9.08. The molecule has 1 aliphatic rings. The van der Waals surface area contributed by atoms with Crippen LogP contribution in [0, 0.1) is 17.8 Å². The van der Waals surface area contributed by atoms with Crippen LogP contribution in [0.2, 0.25) is 0 Å². The van der Waals surface area contributed by atoms with Crippen LogP contribution >= 0.6 is 11.8 Å². The molecule has 3 unspecified atom stereocenters. The second-order valence-electron chi connectivity index (χ2n) is 6.87. The van der Waals surface area contributed by atoms with Gasteiger partial charge in [-0.05, 0) is 12.1 Å². The van der Waals surface area contributed by atoms with Gasteiger partial charge in [0.15, 0.2) is 0 Å². The molecule has 1 N–H and O–H groups in total. The molecule has 1 aromatic carbocycles. The number of aliphatic hydroxyl groups is 1. The van der Waals surface area contributed by atoms with Crippen LogP contribution in [0.1, 0.15) is 27.7 Å². The van der Waals surface area contributed by atoms with Gasteiger partial charge in [-0.3, -0.25) is 14.4 Å². The van der Waals surface area contributed by atoms with E-state index in [1.54, 1.807) is 0 Å². The molecule has 6 atom stereocenters. The standard InChI is InChI=1S/C20H26O7S/c1-11-17(20(24)28-15-8-6-5-7-9-15)19(27-14(4)23)16(10-25-12(2)21)18(11)26-13(3)22/h5-9,11,16-20,24H,10H2,1-4H3/t11?,16?,17-,18-,19?,20+/m0/s1. The summed E-state index contributed by atoms with van der Waals surface area (Å²) in [6.07, 6.45) is -1.42. The summed E-state index contributed by atoms with van der Waals surface area (Å²) in [5.74, 6) is -2.90.